The zero-order valence-electron chi connectivity index (χ0n) is 16.1. The van der Waals surface area contributed by atoms with Crippen LogP contribution in [0, 0.1) is 0 Å². The van der Waals surface area contributed by atoms with Crippen molar-refractivity contribution in [2.45, 2.75) is 12.5 Å². The molecular formula is C21H27ClN2O3. The molecule has 0 aromatic heterocycles. The van der Waals surface area contributed by atoms with E-state index in [1.807, 2.05) is 30.3 Å². The Hall–Kier alpha value is -1.95. The Morgan fingerprint density at radius 3 is 2.30 bits per heavy atom. The Bertz CT molecular complexity index is 736. The molecule has 27 heavy (non-hydrogen) atoms. The molecule has 0 amide bonds. The molecule has 1 aliphatic heterocycles. The summed E-state index contributed by atoms with van der Waals surface area (Å²) in [6.07, 6.45) is 1.09. The van der Waals surface area contributed by atoms with Crippen LogP contribution in [0.1, 0.15) is 23.6 Å². The van der Waals surface area contributed by atoms with Gasteiger partial charge in [0.05, 0.1) is 27.4 Å². The first-order valence-electron chi connectivity index (χ1n) is 9.18. The molecule has 146 valence electrons. The lowest BCUT2D eigenvalue weighted by Gasteiger charge is -2.32. The molecule has 1 atom stereocenters. The standard InChI is InChI=1S/C21H27ClN2O3/c1-25-18-13-15(14-19(26-2)21(18)27-3)20(16-7-4-5-8-17(16)22)24-11-6-9-23-10-12-24/h4-5,7-8,13-14,20,23H,6,9-12H2,1-3H3. The van der Waals surface area contributed by atoms with E-state index in [9.17, 15) is 0 Å². The van der Waals surface area contributed by atoms with E-state index in [0.717, 1.165) is 48.7 Å². The van der Waals surface area contributed by atoms with Gasteiger partial charge >= 0.3 is 0 Å². The fraction of sp³-hybridized carbons (Fsp3) is 0.429. The van der Waals surface area contributed by atoms with Crippen LogP contribution < -0.4 is 19.5 Å². The van der Waals surface area contributed by atoms with Crippen LogP contribution in [0.5, 0.6) is 17.2 Å². The SMILES string of the molecule is COc1cc(C(c2ccccc2Cl)N2CCCNCC2)cc(OC)c1OC. The first-order chi connectivity index (χ1) is 13.2. The third kappa shape index (κ3) is 4.32. The summed E-state index contributed by atoms with van der Waals surface area (Å²) in [6.45, 7) is 3.90. The maximum Gasteiger partial charge on any atom is 0.203 e. The van der Waals surface area contributed by atoms with Crippen LogP contribution in [0.4, 0.5) is 0 Å². The lowest BCUT2D eigenvalue weighted by Crippen LogP contribution is -2.33. The molecule has 0 bridgehead atoms. The zero-order valence-corrected chi connectivity index (χ0v) is 16.9. The molecule has 6 heteroatoms. The summed E-state index contributed by atoms with van der Waals surface area (Å²) in [7, 11) is 4.90. The highest BCUT2D eigenvalue weighted by Gasteiger charge is 2.27. The van der Waals surface area contributed by atoms with Crippen molar-refractivity contribution in [2.24, 2.45) is 0 Å². The predicted octanol–water partition coefficient (Wildman–Crippen LogP) is 3.75. The van der Waals surface area contributed by atoms with Crippen LogP contribution in [0.2, 0.25) is 5.02 Å². The van der Waals surface area contributed by atoms with E-state index in [1.165, 1.54) is 0 Å². The van der Waals surface area contributed by atoms with Crippen molar-refractivity contribution >= 4 is 11.6 Å². The first kappa shape index (κ1) is 19.8. The number of halogens is 1. The monoisotopic (exact) mass is 390 g/mol. The van der Waals surface area contributed by atoms with Crippen LogP contribution in [0.3, 0.4) is 0 Å². The van der Waals surface area contributed by atoms with Gasteiger partial charge in [0.25, 0.3) is 0 Å². The van der Waals surface area contributed by atoms with Crippen LogP contribution in [0.15, 0.2) is 36.4 Å². The smallest absolute Gasteiger partial charge is 0.203 e. The highest BCUT2D eigenvalue weighted by molar-refractivity contribution is 6.31. The third-order valence-electron chi connectivity index (χ3n) is 4.94. The Morgan fingerprint density at radius 1 is 0.963 bits per heavy atom. The van der Waals surface area contributed by atoms with E-state index >= 15 is 0 Å². The van der Waals surface area contributed by atoms with Crippen LogP contribution in [-0.2, 0) is 0 Å². The van der Waals surface area contributed by atoms with Gasteiger partial charge < -0.3 is 19.5 Å². The van der Waals surface area contributed by atoms with Gasteiger partial charge in [-0.3, -0.25) is 4.90 Å². The van der Waals surface area contributed by atoms with Crippen molar-refractivity contribution in [2.75, 3.05) is 47.5 Å². The highest BCUT2D eigenvalue weighted by Crippen LogP contribution is 2.43. The number of benzene rings is 2. The lowest BCUT2D eigenvalue weighted by atomic mass is 9.95. The summed E-state index contributed by atoms with van der Waals surface area (Å²) in [5, 5.41) is 4.23. The van der Waals surface area contributed by atoms with Crippen molar-refractivity contribution in [3.05, 3.63) is 52.5 Å². The molecule has 2 aromatic rings. The highest BCUT2D eigenvalue weighted by atomic mass is 35.5. The van der Waals surface area contributed by atoms with Gasteiger partial charge in [-0.1, -0.05) is 29.8 Å². The van der Waals surface area contributed by atoms with Gasteiger partial charge in [-0.15, -0.1) is 0 Å². The molecular weight excluding hydrogens is 364 g/mol. The Morgan fingerprint density at radius 2 is 1.67 bits per heavy atom. The summed E-state index contributed by atoms with van der Waals surface area (Å²) in [6, 6.07) is 12.1. The quantitative estimate of drug-likeness (QED) is 0.813. The van der Waals surface area contributed by atoms with Crippen molar-refractivity contribution in [1.29, 1.82) is 0 Å². The Kier molecular flexibility index (Phi) is 6.83. The van der Waals surface area contributed by atoms with Crippen molar-refractivity contribution < 1.29 is 14.2 Å². The molecule has 1 saturated heterocycles. The second-order valence-corrected chi connectivity index (χ2v) is 6.93. The van der Waals surface area contributed by atoms with Crippen molar-refractivity contribution in [3.8, 4) is 17.2 Å². The van der Waals surface area contributed by atoms with Gasteiger partial charge in [0.15, 0.2) is 11.5 Å². The summed E-state index contributed by atoms with van der Waals surface area (Å²) in [5.41, 5.74) is 2.15. The number of nitrogens with one attached hydrogen (secondary N) is 1. The molecule has 0 aliphatic carbocycles. The number of hydrogen-bond donors (Lipinski definition) is 1. The Balaban J connectivity index is 2.14. The minimum Gasteiger partial charge on any atom is -0.493 e. The molecule has 3 rings (SSSR count). The maximum absolute atomic E-state index is 6.61. The number of methoxy groups -OCH3 is 3. The van der Waals surface area contributed by atoms with E-state index < -0.39 is 0 Å². The fourth-order valence-corrected chi connectivity index (χ4v) is 3.91. The van der Waals surface area contributed by atoms with Gasteiger partial charge in [0.2, 0.25) is 5.75 Å². The molecule has 1 N–H and O–H groups in total. The molecule has 1 fully saturated rings. The average molecular weight is 391 g/mol. The molecule has 1 unspecified atom stereocenters. The number of rotatable bonds is 6. The van der Waals surface area contributed by atoms with E-state index in [4.69, 9.17) is 25.8 Å². The summed E-state index contributed by atoms with van der Waals surface area (Å²) < 4.78 is 16.6. The molecule has 5 nitrogen and oxygen atoms in total. The molecule has 2 aromatic carbocycles. The van der Waals surface area contributed by atoms with Crippen molar-refractivity contribution in [3.63, 3.8) is 0 Å². The number of nitrogens with zero attached hydrogens (tertiary/aromatic N) is 1. The second-order valence-electron chi connectivity index (χ2n) is 6.52. The fourth-order valence-electron chi connectivity index (χ4n) is 3.67. The third-order valence-corrected chi connectivity index (χ3v) is 5.29. The first-order valence-corrected chi connectivity index (χ1v) is 9.56. The van der Waals surface area contributed by atoms with E-state index in [2.05, 4.69) is 16.3 Å². The van der Waals surface area contributed by atoms with Gasteiger partial charge in [-0.2, -0.15) is 0 Å². The molecule has 1 heterocycles. The van der Waals surface area contributed by atoms with Gasteiger partial charge in [0, 0.05) is 24.7 Å². The zero-order chi connectivity index (χ0) is 19.2. The normalized spacial score (nSPS) is 16.4. The van der Waals surface area contributed by atoms with Crippen LogP contribution in [-0.4, -0.2) is 52.4 Å². The minimum atomic E-state index is 0.00676. The summed E-state index contributed by atoms with van der Waals surface area (Å²) >= 11 is 6.61. The Labute approximate surface area is 166 Å². The van der Waals surface area contributed by atoms with E-state index in [0.29, 0.717) is 17.2 Å². The lowest BCUT2D eigenvalue weighted by molar-refractivity contribution is 0.239. The van der Waals surface area contributed by atoms with Gasteiger partial charge in [0.1, 0.15) is 0 Å². The maximum atomic E-state index is 6.61. The van der Waals surface area contributed by atoms with Gasteiger partial charge in [-0.25, -0.2) is 0 Å². The largest absolute Gasteiger partial charge is 0.493 e. The van der Waals surface area contributed by atoms with E-state index in [1.54, 1.807) is 21.3 Å². The van der Waals surface area contributed by atoms with Crippen LogP contribution >= 0.6 is 11.6 Å². The predicted molar refractivity (Wildman–Crippen MR) is 108 cm³/mol. The van der Waals surface area contributed by atoms with E-state index in [-0.39, 0.29) is 6.04 Å². The molecule has 0 radical (unpaired) electrons. The average Bonchev–Trinajstić information content (AvgIpc) is 2.98. The topological polar surface area (TPSA) is 43.0 Å². The number of ether oxygens (including phenoxy) is 3. The minimum absolute atomic E-state index is 0.00676. The summed E-state index contributed by atoms with van der Waals surface area (Å²) in [5.74, 6) is 1.90. The molecule has 0 spiro atoms. The van der Waals surface area contributed by atoms with Gasteiger partial charge in [-0.05, 0) is 42.3 Å². The molecule has 0 saturated carbocycles. The van der Waals surface area contributed by atoms with Crippen molar-refractivity contribution in [1.82, 2.24) is 10.2 Å². The molecule has 1 aliphatic rings. The second kappa shape index (κ2) is 9.31. The van der Waals surface area contributed by atoms with Crippen LogP contribution in [0.25, 0.3) is 0 Å². The summed E-state index contributed by atoms with van der Waals surface area (Å²) in [4.78, 5) is 2.46. The number of hydrogen-bond acceptors (Lipinski definition) is 5.